The third kappa shape index (κ3) is 3.57. The predicted molar refractivity (Wildman–Crippen MR) is 73.6 cm³/mol. The second-order valence-electron chi connectivity index (χ2n) is 4.89. The second-order valence-corrected chi connectivity index (χ2v) is 5.80. The molecule has 0 aliphatic carbocycles. The van der Waals surface area contributed by atoms with Crippen LogP contribution in [0.1, 0.15) is 31.1 Å². The summed E-state index contributed by atoms with van der Waals surface area (Å²) in [5.74, 6) is -0.643. The fourth-order valence-electron chi connectivity index (χ4n) is 1.21. The van der Waals surface area contributed by atoms with Crippen molar-refractivity contribution in [2.24, 2.45) is 5.41 Å². The van der Waals surface area contributed by atoms with Crippen molar-refractivity contribution in [3.8, 4) is 0 Å². The summed E-state index contributed by atoms with van der Waals surface area (Å²) in [6.45, 7) is 5.41. The van der Waals surface area contributed by atoms with Crippen molar-refractivity contribution >= 4 is 33.5 Å². The number of anilines is 1. The zero-order valence-corrected chi connectivity index (χ0v) is 12.4. The molecule has 1 amide bonds. The van der Waals surface area contributed by atoms with Crippen LogP contribution in [-0.2, 0) is 9.53 Å². The molecule has 0 heterocycles. The van der Waals surface area contributed by atoms with E-state index in [4.69, 9.17) is 0 Å². The summed E-state index contributed by atoms with van der Waals surface area (Å²) in [5, 5.41) is 2.73. The molecule has 0 radical (unpaired) electrons. The Morgan fingerprint density at radius 2 is 1.89 bits per heavy atom. The highest BCUT2D eigenvalue weighted by Gasteiger charge is 2.23. The number of esters is 1. The van der Waals surface area contributed by atoms with Gasteiger partial charge in [0.2, 0.25) is 5.91 Å². The van der Waals surface area contributed by atoms with Crippen LogP contribution in [0.5, 0.6) is 0 Å². The number of ether oxygens (including phenoxy) is 1. The van der Waals surface area contributed by atoms with Crippen LogP contribution >= 0.6 is 15.9 Å². The molecule has 5 heteroatoms. The van der Waals surface area contributed by atoms with E-state index in [2.05, 4.69) is 26.0 Å². The topological polar surface area (TPSA) is 55.4 Å². The fourth-order valence-corrected chi connectivity index (χ4v) is 1.58. The molecule has 1 aromatic rings. The zero-order valence-electron chi connectivity index (χ0n) is 10.8. The smallest absolute Gasteiger partial charge is 0.340 e. The molecule has 98 valence electrons. The summed E-state index contributed by atoms with van der Waals surface area (Å²) in [7, 11) is 1.30. The number of hydrogen-bond donors (Lipinski definition) is 1. The van der Waals surface area contributed by atoms with E-state index < -0.39 is 11.4 Å². The van der Waals surface area contributed by atoms with Crippen LogP contribution in [-0.4, -0.2) is 19.0 Å². The standard InChI is InChI=1S/C13H16BrNO3/c1-13(2,3)12(17)15-10-6-5-8(14)7-9(10)11(16)18-4/h5-7H,1-4H3,(H,15,17). The third-order valence-electron chi connectivity index (χ3n) is 2.32. The molecule has 0 spiro atoms. The van der Waals surface area contributed by atoms with Crippen molar-refractivity contribution in [3.63, 3.8) is 0 Å². The maximum atomic E-state index is 11.9. The minimum absolute atomic E-state index is 0.157. The van der Waals surface area contributed by atoms with Crippen LogP contribution in [0.25, 0.3) is 0 Å². The minimum atomic E-state index is -0.527. The van der Waals surface area contributed by atoms with Crippen LogP contribution < -0.4 is 5.32 Å². The highest BCUT2D eigenvalue weighted by molar-refractivity contribution is 9.10. The lowest BCUT2D eigenvalue weighted by atomic mass is 9.95. The van der Waals surface area contributed by atoms with Gasteiger partial charge in [0.15, 0.2) is 0 Å². The van der Waals surface area contributed by atoms with Crippen LogP contribution in [0, 0.1) is 5.41 Å². The van der Waals surface area contributed by atoms with Gasteiger partial charge in [0, 0.05) is 9.89 Å². The number of amides is 1. The normalized spacial score (nSPS) is 10.9. The maximum Gasteiger partial charge on any atom is 0.340 e. The molecular formula is C13H16BrNO3. The van der Waals surface area contributed by atoms with Crippen molar-refractivity contribution in [2.45, 2.75) is 20.8 Å². The van der Waals surface area contributed by atoms with E-state index in [0.29, 0.717) is 11.3 Å². The molecule has 0 aliphatic heterocycles. The Labute approximate surface area is 115 Å². The zero-order chi connectivity index (χ0) is 13.9. The van der Waals surface area contributed by atoms with E-state index in [0.717, 1.165) is 4.47 Å². The summed E-state index contributed by atoms with van der Waals surface area (Å²) in [6.07, 6.45) is 0. The minimum Gasteiger partial charge on any atom is -0.465 e. The monoisotopic (exact) mass is 313 g/mol. The highest BCUT2D eigenvalue weighted by atomic mass is 79.9. The number of methoxy groups -OCH3 is 1. The molecule has 0 bridgehead atoms. The number of hydrogen-bond acceptors (Lipinski definition) is 3. The van der Waals surface area contributed by atoms with E-state index in [1.807, 2.05) is 0 Å². The largest absolute Gasteiger partial charge is 0.465 e. The summed E-state index contributed by atoms with van der Waals surface area (Å²) in [5.41, 5.74) is 0.245. The third-order valence-corrected chi connectivity index (χ3v) is 2.81. The van der Waals surface area contributed by atoms with Gasteiger partial charge in [-0.15, -0.1) is 0 Å². The van der Waals surface area contributed by atoms with Crippen LogP contribution in [0.3, 0.4) is 0 Å². The number of carbonyl (C=O) groups excluding carboxylic acids is 2. The number of halogens is 1. The van der Waals surface area contributed by atoms with Crippen molar-refractivity contribution < 1.29 is 14.3 Å². The average molecular weight is 314 g/mol. The van der Waals surface area contributed by atoms with E-state index in [-0.39, 0.29) is 5.91 Å². The Hall–Kier alpha value is -1.36. The number of carbonyl (C=O) groups is 2. The molecule has 18 heavy (non-hydrogen) atoms. The van der Waals surface area contributed by atoms with Gasteiger partial charge in [0.25, 0.3) is 0 Å². The molecule has 0 aromatic heterocycles. The van der Waals surface area contributed by atoms with Gasteiger partial charge in [-0.1, -0.05) is 36.7 Å². The van der Waals surface area contributed by atoms with E-state index in [9.17, 15) is 9.59 Å². The van der Waals surface area contributed by atoms with Gasteiger partial charge in [0.05, 0.1) is 18.4 Å². The van der Waals surface area contributed by atoms with Gasteiger partial charge in [-0.3, -0.25) is 4.79 Å². The number of nitrogens with one attached hydrogen (secondary N) is 1. The summed E-state index contributed by atoms with van der Waals surface area (Å²) < 4.78 is 5.43. The maximum absolute atomic E-state index is 11.9. The molecule has 0 fully saturated rings. The molecule has 1 aromatic carbocycles. The Morgan fingerprint density at radius 3 is 2.39 bits per heavy atom. The first-order valence-electron chi connectivity index (χ1n) is 5.45. The summed E-state index contributed by atoms with van der Waals surface area (Å²) >= 11 is 3.28. The van der Waals surface area contributed by atoms with Gasteiger partial charge in [0.1, 0.15) is 0 Å². The van der Waals surface area contributed by atoms with Crippen molar-refractivity contribution in [3.05, 3.63) is 28.2 Å². The molecular weight excluding hydrogens is 298 g/mol. The lowest BCUT2D eigenvalue weighted by molar-refractivity contribution is -0.123. The van der Waals surface area contributed by atoms with Crippen molar-refractivity contribution in [1.82, 2.24) is 0 Å². The Bertz CT molecular complexity index is 478. The summed E-state index contributed by atoms with van der Waals surface area (Å²) in [6, 6.07) is 5.04. The van der Waals surface area contributed by atoms with E-state index in [1.165, 1.54) is 7.11 Å². The van der Waals surface area contributed by atoms with Crippen LogP contribution in [0.2, 0.25) is 0 Å². The van der Waals surface area contributed by atoms with Crippen molar-refractivity contribution in [2.75, 3.05) is 12.4 Å². The van der Waals surface area contributed by atoms with Crippen LogP contribution in [0.15, 0.2) is 22.7 Å². The average Bonchev–Trinajstić information content (AvgIpc) is 2.29. The SMILES string of the molecule is COC(=O)c1cc(Br)ccc1NC(=O)C(C)(C)C. The highest BCUT2D eigenvalue weighted by Crippen LogP contribution is 2.24. The number of rotatable bonds is 2. The lowest BCUT2D eigenvalue weighted by Crippen LogP contribution is -2.28. The van der Waals surface area contributed by atoms with Crippen molar-refractivity contribution in [1.29, 1.82) is 0 Å². The molecule has 0 saturated carbocycles. The molecule has 1 N–H and O–H groups in total. The first-order valence-corrected chi connectivity index (χ1v) is 6.24. The van der Waals surface area contributed by atoms with E-state index in [1.54, 1.807) is 39.0 Å². The van der Waals surface area contributed by atoms with Gasteiger partial charge in [-0.05, 0) is 18.2 Å². The Balaban J connectivity index is 3.09. The molecule has 0 saturated heterocycles. The lowest BCUT2D eigenvalue weighted by Gasteiger charge is -2.19. The molecule has 4 nitrogen and oxygen atoms in total. The van der Waals surface area contributed by atoms with E-state index >= 15 is 0 Å². The quantitative estimate of drug-likeness (QED) is 0.853. The molecule has 0 aliphatic rings. The summed E-state index contributed by atoms with van der Waals surface area (Å²) in [4.78, 5) is 23.5. The Kier molecular flexibility index (Phi) is 4.51. The van der Waals surface area contributed by atoms with Gasteiger partial charge in [-0.2, -0.15) is 0 Å². The van der Waals surface area contributed by atoms with Gasteiger partial charge < -0.3 is 10.1 Å². The molecule has 1 rings (SSSR count). The van der Waals surface area contributed by atoms with Gasteiger partial charge in [-0.25, -0.2) is 4.79 Å². The van der Waals surface area contributed by atoms with Gasteiger partial charge >= 0.3 is 5.97 Å². The molecule has 0 atom stereocenters. The first-order chi connectivity index (χ1) is 8.25. The van der Waals surface area contributed by atoms with Crippen LogP contribution in [0.4, 0.5) is 5.69 Å². The first kappa shape index (κ1) is 14.7. The Morgan fingerprint density at radius 1 is 1.28 bits per heavy atom. The molecule has 0 unspecified atom stereocenters. The number of benzene rings is 1. The fraction of sp³-hybridized carbons (Fsp3) is 0.385. The second kappa shape index (κ2) is 5.52. The predicted octanol–water partition coefficient (Wildman–Crippen LogP) is 3.22.